The maximum absolute atomic E-state index is 12.3. The summed E-state index contributed by atoms with van der Waals surface area (Å²) in [4.78, 5) is 0.186. The van der Waals surface area contributed by atoms with Crippen LogP contribution in [0.25, 0.3) is 0 Å². The fraction of sp³-hybridized carbons (Fsp3) is 0.750. The molecular formula is C12H24N4O2S. The van der Waals surface area contributed by atoms with E-state index in [9.17, 15) is 8.42 Å². The van der Waals surface area contributed by atoms with Gasteiger partial charge >= 0.3 is 0 Å². The molecule has 4 N–H and O–H groups in total. The third-order valence-electron chi connectivity index (χ3n) is 3.23. The number of aromatic nitrogens is 2. The maximum atomic E-state index is 12.3. The second-order valence-electron chi connectivity index (χ2n) is 5.10. The molecule has 19 heavy (non-hydrogen) atoms. The Balaban J connectivity index is 2.89. The van der Waals surface area contributed by atoms with E-state index < -0.39 is 10.0 Å². The molecule has 1 rings (SSSR count). The third-order valence-corrected chi connectivity index (χ3v) is 5.02. The van der Waals surface area contributed by atoms with Crippen LogP contribution in [-0.2, 0) is 16.6 Å². The lowest BCUT2D eigenvalue weighted by molar-refractivity contribution is 0.445. The Kier molecular flexibility index (Phi) is 5.51. The summed E-state index contributed by atoms with van der Waals surface area (Å²) in [6.07, 6.45) is 1.84. The van der Waals surface area contributed by atoms with Crippen LogP contribution in [0.3, 0.4) is 0 Å². The molecule has 0 radical (unpaired) electrons. The Hall–Kier alpha value is -0.920. The van der Waals surface area contributed by atoms with Gasteiger partial charge in [-0.3, -0.25) is 5.10 Å². The van der Waals surface area contributed by atoms with Crippen molar-refractivity contribution in [2.24, 2.45) is 11.7 Å². The molecule has 2 atom stereocenters. The molecule has 6 nitrogen and oxygen atoms in total. The van der Waals surface area contributed by atoms with E-state index in [2.05, 4.69) is 28.8 Å². The lowest BCUT2D eigenvalue weighted by Gasteiger charge is -2.17. The van der Waals surface area contributed by atoms with Crippen molar-refractivity contribution in [3.05, 3.63) is 11.4 Å². The third kappa shape index (κ3) is 4.02. The lowest BCUT2D eigenvalue weighted by atomic mass is 10.0. The predicted octanol–water partition coefficient (Wildman–Crippen LogP) is 1.28. The highest BCUT2D eigenvalue weighted by molar-refractivity contribution is 7.89. The Morgan fingerprint density at radius 3 is 2.58 bits per heavy atom. The molecule has 0 aromatic carbocycles. The van der Waals surface area contributed by atoms with Crippen molar-refractivity contribution in [1.82, 2.24) is 14.9 Å². The quantitative estimate of drug-likeness (QED) is 0.703. The van der Waals surface area contributed by atoms with Crippen molar-refractivity contribution in [3.8, 4) is 0 Å². The van der Waals surface area contributed by atoms with Gasteiger partial charge in [-0.2, -0.15) is 5.10 Å². The average molecular weight is 288 g/mol. The fourth-order valence-electron chi connectivity index (χ4n) is 2.11. The molecule has 0 fully saturated rings. The van der Waals surface area contributed by atoms with Crippen molar-refractivity contribution in [3.63, 3.8) is 0 Å². The van der Waals surface area contributed by atoms with Gasteiger partial charge in [0.2, 0.25) is 10.0 Å². The summed E-state index contributed by atoms with van der Waals surface area (Å²) in [5, 5.41) is 6.59. The minimum absolute atomic E-state index is 0.0975. The van der Waals surface area contributed by atoms with Gasteiger partial charge < -0.3 is 5.73 Å². The Morgan fingerprint density at radius 1 is 1.42 bits per heavy atom. The molecule has 0 saturated heterocycles. The summed E-state index contributed by atoms with van der Waals surface area (Å²) >= 11 is 0. The first-order valence-corrected chi connectivity index (χ1v) is 8.06. The summed E-state index contributed by atoms with van der Waals surface area (Å²) in [6.45, 7) is 7.86. The van der Waals surface area contributed by atoms with E-state index in [0.29, 0.717) is 17.3 Å². The summed E-state index contributed by atoms with van der Waals surface area (Å²) in [7, 11) is -3.57. The molecule has 1 heterocycles. The number of nitrogens with two attached hydrogens (primary N) is 1. The van der Waals surface area contributed by atoms with Crippen LogP contribution in [0.2, 0.25) is 0 Å². The van der Waals surface area contributed by atoms with Crippen LogP contribution in [0.5, 0.6) is 0 Å². The molecule has 0 aliphatic heterocycles. The molecule has 1 aromatic heterocycles. The molecule has 0 spiro atoms. The minimum atomic E-state index is -3.57. The summed E-state index contributed by atoms with van der Waals surface area (Å²) < 4.78 is 27.4. The largest absolute Gasteiger partial charge is 0.325 e. The Morgan fingerprint density at radius 2 is 2.05 bits per heavy atom. The predicted molar refractivity (Wildman–Crippen MR) is 75.1 cm³/mol. The number of hydrogen-bond acceptors (Lipinski definition) is 4. The second-order valence-corrected chi connectivity index (χ2v) is 6.75. The van der Waals surface area contributed by atoms with Crippen LogP contribution in [0, 0.1) is 12.8 Å². The van der Waals surface area contributed by atoms with E-state index in [-0.39, 0.29) is 17.5 Å². The van der Waals surface area contributed by atoms with Gasteiger partial charge in [0.1, 0.15) is 4.90 Å². The van der Waals surface area contributed by atoms with Gasteiger partial charge in [0.15, 0.2) is 0 Å². The zero-order valence-corrected chi connectivity index (χ0v) is 12.8. The number of rotatable bonds is 7. The van der Waals surface area contributed by atoms with Gasteiger partial charge in [0.05, 0.1) is 11.4 Å². The fourth-order valence-corrected chi connectivity index (χ4v) is 3.74. The zero-order valence-electron chi connectivity index (χ0n) is 12.0. The summed E-state index contributed by atoms with van der Waals surface area (Å²) in [6, 6.07) is -0.111. The van der Waals surface area contributed by atoms with Gasteiger partial charge in [-0.05, 0) is 26.2 Å². The number of nitrogens with one attached hydrogen (secondary N) is 2. The monoisotopic (exact) mass is 288 g/mol. The Labute approximate surface area is 115 Å². The molecule has 7 heteroatoms. The van der Waals surface area contributed by atoms with Crippen LogP contribution in [0.15, 0.2) is 4.90 Å². The first-order chi connectivity index (χ1) is 8.81. The highest BCUT2D eigenvalue weighted by Crippen LogP contribution is 2.18. The van der Waals surface area contributed by atoms with Crippen LogP contribution >= 0.6 is 0 Å². The number of hydrogen-bond donors (Lipinski definition) is 3. The highest BCUT2D eigenvalue weighted by atomic mass is 32.2. The van der Waals surface area contributed by atoms with Gasteiger partial charge in [-0.1, -0.05) is 20.3 Å². The average Bonchev–Trinajstić information content (AvgIpc) is 2.70. The molecular weight excluding hydrogens is 264 g/mol. The topological polar surface area (TPSA) is 101 Å². The van der Waals surface area contributed by atoms with Crippen LogP contribution in [0.4, 0.5) is 0 Å². The molecule has 0 saturated carbocycles. The number of sulfonamides is 1. The van der Waals surface area contributed by atoms with Crippen molar-refractivity contribution in [2.45, 2.75) is 58.0 Å². The van der Waals surface area contributed by atoms with E-state index in [1.165, 1.54) is 0 Å². The maximum Gasteiger partial charge on any atom is 0.244 e. The molecule has 0 bridgehead atoms. The van der Waals surface area contributed by atoms with E-state index in [1.807, 2.05) is 6.92 Å². The zero-order chi connectivity index (χ0) is 14.6. The SMILES string of the molecule is CCC(C)CC(C)NS(=O)(=O)c1c(CN)n[nH]c1C. The number of H-pyrrole nitrogens is 1. The van der Waals surface area contributed by atoms with Crippen molar-refractivity contribution >= 4 is 10.0 Å². The Bertz CT molecular complexity index is 510. The van der Waals surface area contributed by atoms with Crippen molar-refractivity contribution in [2.75, 3.05) is 0 Å². The molecule has 0 amide bonds. The molecule has 110 valence electrons. The molecule has 2 unspecified atom stereocenters. The summed E-state index contributed by atoms with van der Waals surface area (Å²) in [5.41, 5.74) is 6.41. The lowest BCUT2D eigenvalue weighted by Crippen LogP contribution is -2.34. The first-order valence-electron chi connectivity index (χ1n) is 6.58. The van der Waals surface area contributed by atoms with Gasteiger partial charge in [-0.15, -0.1) is 0 Å². The van der Waals surface area contributed by atoms with Crippen molar-refractivity contribution in [1.29, 1.82) is 0 Å². The number of aromatic amines is 1. The van der Waals surface area contributed by atoms with Crippen molar-refractivity contribution < 1.29 is 8.42 Å². The van der Waals surface area contributed by atoms with Crippen LogP contribution in [0.1, 0.15) is 45.0 Å². The van der Waals surface area contributed by atoms with E-state index >= 15 is 0 Å². The smallest absolute Gasteiger partial charge is 0.244 e. The first kappa shape index (κ1) is 16.1. The minimum Gasteiger partial charge on any atom is -0.325 e. The summed E-state index contributed by atoms with van der Waals surface area (Å²) in [5.74, 6) is 0.483. The molecule has 0 aliphatic rings. The van der Waals surface area contributed by atoms with E-state index in [4.69, 9.17) is 5.73 Å². The second kappa shape index (κ2) is 6.49. The van der Waals surface area contributed by atoms with E-state index in [0.717, 1.165) is 12.8 Å². The van der Waals surface area contributed by atoms with Crippen LogP contribution < -0.4 is 10.5 Å². The normalized spacial score (nSPS) is 15.4. The number of aryl methyl sites for hydroxylation is 1. The van der Waals surface area contributed by atoms with Gasteiger partial charge in [-0.25, -0.2) is 13.1 Å². The standard InChI is InChI=1S/C12H24N4O2S/c1-5-8(2)6-9(3)16-19(17,18)12-10(4)14-15-11(12)7-13/h8-9,16H,5-7,13H2,1-4H3,(H,14,15). The highest BCUT2D eigenvalue weighted by Gasteiger charge is 2.25. The van der Waals surface area contributed by atoms with Crippen LogP contribution in [-0.4, -0.2) is 24.7 Å². The van der Waals surface area contributed by atoms with Gasteiger partial charge in [0.25, 0.3) is 0 Å². The van der Waals surface area contributed by atoms with Gasteiger partial charge in [0, 0.05) is 12.6 Å². The molecule has 0 aliphatic carbocycles. The molecule has 1 aromatic rings. The van der Waals surface area contributed by atoms with E-state index in [1.54, 1.807) is 6.92 Å². The number of nitrogens with zero attached hydrogens (tertiary/aromatic N) is 1.